The van der Waals surface area contributed by atoms with Crippen LogP contribution in [0.3, 0.4) is 0 Å². The largest absolute Gasteiger partial charge is 0.333 e. The van der Waals surface area contributed by atoms with Crippen molar-refractivity contribution in [3.05, 3.63) is 78.4 Å². The van der Waals surface area contributed by atoms with Gasteiger partial charge in [0.2, 0.25) is 5.91 Å². The number of amides is 1. The van der Waals surface area contributed by atoms with E-state index in [4.69, 9.17) is 0 Å². The number of nitrogens with one attached hydrogen (secondary N) is 1. The highest BCUT2D eigenvalue weighted by Gasteiger charge is 2.19. The number of aryl methyl sites for hydroxylation is 2. The van der Waals surface area contributed by atoms with Crippen molar-refractivity contribution in [1.29, 1.82) is 0 Å². The highest BCUT2D eigenvalue weighted by atomic mass is 32.1. The van der Waals surface area contributed by atoms with Gasteiger partial charge in [0.15, 0.2) is 11.0 Å². The predicted octanol–water partition coefficient (Wildman–Crippen LogP) is 4.92. The fraction of sp³-hybridized carbons (Fsp3) is 0.136. The minimum absolute atomic E-state index is 0.179. The summed E-state index contributed by atoms with van der Waals surface area (Å²) in [6, 6.07) is 16.3. The number of hydrogen-bond donors (Lipinski definition) is 1. The first kappa shape index (κ1) is 19.0. The fourth-order valence-corrected chi connectivity index (χ4v) is 4.08. The van der Waals surface area contributed by atoms with Gasteiger partial charge in [-0.25, -0.2) is 14.4 Å². The van der Waals surface area contributed by atoms with Crippen molar-refractivity contribution < 1.29 is 9.18 Å². The van der Waals surface area contributed by atoms with Gasteiger partial charge >= 0.3 is 0 Å². The summed E-state index contributed by atoms with van der Waals surface area (Å²) < 4.78 is 15.7. The number of nitrogens with zero attached hydrogens (tertiary/aromatic N) is 3. The monoisotopic (exact) mass is 406 g/mol. The topological polar surface area (TPSA) is 59.8 Å². The Balaban J connectivity index is 1.56. The second-order valence-corrected chi connectivity index (χ2v) is 7.56. The number of carbonyl (C=O) groups is 1. The number of halogens is 1. The number of anilines is 1. The zero-order chi connectivity index (χ0) is 20.2. The van der Waals surface area contributed by atoms with E-state index in [0.29, 0.717) is 17.1 Å². The zero-order valence-electron chi connectivity index (χ0n) is 15.8. The third-order valence-electron chi connectivity index (χ3n) is 4.52. The molecule has 0 saturated carbocycles. The van der Waals surface area contributed by atoms with Crippen LogP contribution >= 0.6 is 11.3 Å². The molecular formula is C22H19FN4OS. The number of thiazole rings is 1. The van der Waals surface area contributed by atoms with E-state index in [1.54, 1.807) is 24.4 Å². The third kappa shape index (κ3) is 4.25. The van der Waals surface area contributed by atoms with E-state index in [0.717, 1.165) is 22.0 Å². The first-order chi connectivity index (χ1) is 14.1. The van der Waals surface area contributed by atoms with Crippen molar-refractivity contribution in [2.24, 2.45) is 7.05 Å². The van der Waals surface area contributed by atoms with Crippen molar-refractivity contribution >= 4 is 22.4 Å². The van der Waals surface area contributed by atoms with Crippen LogP contribution in [0, 0.1) is 5.82 Å². The summed E-state index contributed by atoms with van der Waals surface area (Å²) in [7, 11) is 1.92. The van der Waals surface area contributed by atoms with Crippen molar-refractivity contribution in [2.75, 3.05) is 5.32 Å². The minimum Gasteiger partial charge on any atom is -0.333 e. The lowest BCUT2D eigenvalue weighted by Gasteiger charge is -2.03. The van der Waals surface area contributed by atoms with Gasteiger partial charge in [-0.1, -0.05) is 59.9 Å². The molecule has 0 spiro atoms. The smallest absolute Gasteiger partial charge is 0.226 e. The highest BCUT2D eigenvalue weighted by Crippen LogP contribution is 2.38. The number of imidazole rings is 1. The van der Waals surface area contributed by atoms with Gasteiger partial charge < -0.3 is 9.88 Å². The molecule has 0 aliphatic rings. The molecule has 0 saturated heterocycles. The molecule has 0 atom stereocenters. The second-order valence-electron chi connectivity index (χ2n) is 6.56. The van der Waals surface area contributed by atoms with E-state index < -0.39 is 0 Å². The summed E-state index contributed by atoms with van der Waals surface area (Å²) in [6.45, 7) is 0. The molecule has 2 aromatic heterocycles. The molecule has 7 heteroatoms. The number of hydrogen-bond acceptors (Lipinski definition) is 4. The van der Waals surface area contributed by atoms with Gasteiger partial charge in [0.05, 0.1) is 10.6 Å². The first-order valence-corrected chi connectivity index (χ1v) is 10.0. The molecule has 2 heterocycles. The molecule has 0 fully saturated rings. The second kappa shape index (κ2) is 8.36. The van der Waals surface area contributed by atoms with Crippen molar-refractivity contribution in [1.82, 2.24) is 14.5 Å². The number of aromatic nitrogens is 3. The minimum atomic E-state index is -0.294. The Hall–Kier alpha value is -3.32. The Bertz CT molecular complexity index is 1140. The molecule has 5 nitrogen and oxygen atoms in total. The summed E-state index contributed by atoms with van der Waals surface area (Å²) in [5, 5.41) is 3.35. The van der Waals surface area contributed by atoms with E-state index in [2.05, 4.69) is 15.3 Å². The van der Waals surface area contributed by atoms with E-state index in [1.165, 1.54) is 17.4 Å². The van der Waals surface area contributed by atoms with Crippen LogP contribution in [-0.2, 0) is 18.3 Å². The Morgan fingerprint density at radius 1 is 1.14 bits per heavy atom. The molecule has 146 valence electrons. The lowest BCUT2D eigenvalue weighted by Crippen LogP contribution is -2.12. The maximum Gasteiger partial charge on any atom is 0.226 e. The molecule has 1 N–H and O–H groups in total. The summed E-state index contributed by atoms with van der Waals surface area (Å²) in [6.07, 6.45) is 4.12. The quantitative estimate of drug-likeness (QED) is 0.494. The van der Waals surface area contributed by atoms with Gasteiger partial charge in [0.25, 0.3) is 0 Å². The van der Waals surface area contributed by atoms with Crippen LogP contribution in [0.15, 0.2) is 67.0 Å². The molecule has 0 aliphatic carbocycles. The Kier molecular flexibility index (Phi) is 5.48. The molecule has 2 aromatic carbocycles. The molecule has 1 amide bonds. The van der Waals surface area contributed by atoms with Gasteiger partial charge in [0, 0.05) is 31.4 Å². The van der Waals surface area contributed by atoms with Gasteiger partial charge in [-0.05, 0) is 18.1 Å². The molecule has 0 radical (unpaired) electrons. The third-order valence-corrected chi connectivity index (χ3v) is 5.49. The standard InChI is InChI=1S/C22H19FN4OS/c1-27-14-13-24-21(27)20-19(16-8-3-2-4-9-16)26-22(29-20)25-18(28)12-11-15-7-5-6-10-17(15)23/h2-10,13-14H,11-12H2,1H3,(H,25,26,28). The van der Waals surface area contributed by atoms with Crippen LogP contribution in [-0.4, -0.2) is 20.4 Å². The summed E-state index contributed by atoms with van der Waals surface area (Å²) >= 11 is 1.38. The maximum absolute atomic E-state index is 13.8. The van der Waals surface area contributed by atoms with E-state index >= 15 is 0 Å². The summed E-state index contributed by atoms with van der Waals surface area (Å²) in [5.41, 5.74) is 2.25. The van der Waals surface area contributed by atoms with Gasteiger partial charge in [-0.15, -0.1) is 0 Å². The van der Waals surface area contributed by atoms with E-state index in [-0.39, 0.29) is 18.1 Å². The maximum atomic E-state index is 13.8. The van der Waals surface area contributed by atoms with E-state index in [1.807, 2.05) is 48.1 Å². The summed E-state index contributed by atoms with van der Waals surface area (Å²) in [4.78, 5) is 22.4. The average Bonchev–Trinajstić information content (AvgIpc) is 3.34. The lowest BCUT2D eigenvalue weighted by atomic mass is 10.1. The molecule has 0 bridgehead atoms. The van der Waals surface area contributed by atoms with Crippen LogP contribution in [0.5, 0.6) is 0 Å². The molecule has 29 heavy (non-hydrogen) atoms. The Morgan fingerprint density at radius 2 is 1.90 bits per heavy atom. The zero-order valence-corrected chi connectivity index (χ0v) is 16.6. The number of benzene rings is 2. The van der Waals surface area contributed by atoms with Crippen LogP contribution in [0.1, 0.15) is 12.0 Å². The molecule has 4 rings (SSSR count). The van der Waals surface area contributed by atoms with Crippen molar-refractivity contribution in [3.8, 4) is 22.0 Å². The van der Waals surface area contributed by atoms with Crippen molar-refractivity contribution in [3.63, 3.8) is 0 Å². The normalized spacial score (nSPS) is 10.8. The molecule has 0 unspecified atom stereocenters. The van der Waals surface area contributed by atoms with Crippen LogP contribution in [0.2, 0.25) is 0 Å². The lowest BCUT2D eigenvalue weighted by molar-refractivity contribution is -0.116. The molecule has 4 aromatic rings. The van der Waals surface area contributed by atoms with Crippen molar-refractivity contribution in [2.45, 2.75) is 12.8 Å². The fourth-order valence-electron chi connectivity index (χ4n) is 3.03. The van der Waals surface area contributed by atoms with E-state index in [9.17, 15) is 9.18 Å². The highest BCUT2D eigenvalue weighted by molar-refractivity contribution is 7.19. The SMILES string of the molecule is Cn1ccnc1-c1sc(NC(=O)CCc2ccccc2F)nc1-c1ccccc1. The Labute approximate surface area is 171 Å². The van der Waals surface area contributed by atoms with Gasteiger partial charge in [-0.2, -0.15) is 0 Å². The van der Waals surface area contributed by atoms with Crippen LogP contribution < -0.4 is 5.32 Å². The number of carbonyl (C=O) groups excluding carboxylic acids is 1. The van der Waals surface area contributed by atoms with Crippen LogP contribution in [0.4, 0.5) is 9.52 Å². The Morgan fingerprint density at radius 3 is 2.62 bits per heavy atom. The average molecular weight is 406 g/mol. The molecule has 0 aliphatic heterocycles. The predicted molar refractivity (Wildman–Crippen MR) is 113 cm³/mol. The van der Waals surface area contributed by atoms with Gasteiger partial charge in [-0.3, -0.25) is 4.79 Å². The molecular weight excluding hydrogens is 387 g/mol. The van der Waals surface area contributed by atoms with Gasteiger partial charge in [0.1, 0.15) is 5.82 Å². The summed E-state index contributed by atoms with van der Waals surface area (Å²) in [5.74, 6) is 0.291. The number of rotatable bonds is 6. The first-order valence-electron chi connectivity index (χ1n) is 9.19. The van der Waals surface area contributed by atoms with Crippen LogP contribution in [0.25, 0.3) is 22.0 Å².